The number of benzene rings is 2. The molecule has 0 spiro atoms. The molecular weight excluding hydrogens is 416 g/mol. The van der Waals surface area contributed by atoms with Crippen molar-refractivity contribution in [3.05, 3.63) is 23.3 Å². The van der Waals surface area contributed by atoms with Gasteiger partial charge in [-0.15, -0.1) is 0 Å². The summed E-state index contributed by atoms with van der Waals surface area (Å²) in [5, 5.41) is 22.7. The van der Waals surface area contributed by atoms with Gasteiger partial charge in [0.1, 0.15) is 6.10 Å². The molecule has 0 fully saturated rings. The largest absolute Gasteiger partial charge is 0.493 e. The molecule has 0 heterocycles. The third kappa shape index (κ3) is 3.47. The maximum atomic E-state index is 11.4. The predicted octanol–water partition coefficient (Wildman–Crippen LogP) is 3.38. The molecule has 32 heavy (non-hydrogen) atoms. The van der Waals surface area contributed by atoms with Crippen LogP contribution in [-0.2, 0) is 6.42 Å². The number of methoxy groups -OCH3 is 6. The van der Waals surface area contributed by atoms with Gasteiger partial charge in [-0.3, -0.25) is 0 Å². The first kappa shape index (κ1) is 23.8. The van der Waals surface area contributed by atoms with Gasteiger partial charge < -0.3 is 38.6 Å². The number of hydrogen-bond acceptors (Lipinski definition) is 8. The number of aliphatic hydroxyl groups excluding tert-OH is 1. The maximum absolute atomic E-state index is 11.4. The van der Waals surface area contributed by atoms with Crippen molar-refractivity contribution in [1.29, 1.82) is 0 Å². The van der Waals surface area contributed by atoms with Crippen molar-refractivity contribution in [2.24, 2.45) is 5.92 Å². The summed E-state index contributed by atoms with van der Waals surface area (Å²) in [6.07, 6.45) is -0.806. The van der Waals surface area contributed by atoms with E-state index in [1.54, 1.807) is 27.2 Å². The van der Waals surface area contributed by atoms with Gasteiger partial charge in [-0.1, -0.05) is 6.92 Å². The molecule has 176 valence electrons. The van der Waals surface area contributed by atoms with E-state index in [2.05, 4.69) is 0 Å². The smallest absolute Gasteiger partial charge is 0.203 e. The first-order valence-electron chi connectivity index (χ1n) is 10.3. The van der Waals surface area contributed by atoms with Crippen LogP contribution in [0.1, 0.15) is 31.1 Å². The van der Waals surface area contributed by atoms with E-state index in [0.29, 0.717) is 57.6 Å². The van der Waals surface area contributed by atoms with Crippen LogP contribution in [0.5, 0.6) is 34.5 Å². The van der Waals surface area contributed by atoms with E-state index in [0.717, 1.165) is 5.56 Å². The molecule has 0 amide bonds. The zero-order chi connectivity index (χ0) is 23.8. The lowest BCUT2D eigenvalue weighted by Gasteiger charge is -2.39. The molecule has 0 aromatic heterocycles. The molecule has 2 aromatic carbocycles. The number of rotatable bonds is 6. The lowest BCUT2D eigenvalue weighted by Crippen LogP contribution is -2.41. The van der Waals surface area contributed by atoms with Crippen LogP contribution in [0.4, 0.5) is 0 Å². The molecule has 0 saturated carbocycles. The number of fused-ring (bicyclic) bond motifs is 3. The average Bonchev–Trinajstić information content (AvgIpc) is 2.80. The van der Waals surface area contributed by atoms with Crippen molar-refractivity contribution < 1.29 is 38.6 Å². The van der Waals surface area contributed by atoms with Gasteiger partial charge in [0.15, 0.2) is 23.0 Å². The fraction of sp³-hybridized carbons (Fsp3) is 0.500. The third-order valence-electron chi connectivity index (χ3n) is 6.39. The molecule has 8 nitrogen and oxygen atoms in total. The van der Waals surface area contributed by atoms with E-state index in [-0.39, 0.29) is 5.92 Å². The van der Waals surface area contributed by atoms with Gasteiger partial charge in [0.05, 0.1) is 48.3 Å². The van der Waals surface area contributed by atoms with Gasteiger partial charge in [-0.25, -0.2) is 0 Å². The van der Waals surface area contributed by atoms with Crippen LogP contribution >= 0.6 is 0 Å². The van der Waals surface area contributed by atoms with E-state index in [1.807, 2.05) is 13.0 Å². The zero-order valence-electron chi connectivity index (χ0n) is 19.9. The molecular formula is C24H32O8. The van der Waals surface area contributed by atoms with Crippen LogP contribution in [0.3, 0.4) is 0 Å². The summed E-state index contributed by atoms with van der Waals surface area (Å²) >= 11 is 0. The fourth-order valence-electron chi connectivity index (χ4n) is 4.41. The van der Waals surface area contributed by atoms with Gasteiger partial charge >= 0.3 is 0 Å². The summed E-state index contributed by atoms with van der Waals surface area (Å²) < 4.78 is 33.9. The number of aliphatic hydroxyl groups is 2. The van der Waals surface area contributed by atoms with E-state index in [9.17, 15) is 10.2 Å². The van der Waals surface area contributed by atoms with Gasteiger partial charge in [0.2, 0.25) is 11.5 Å². The van der Waals surface area contributed by atoms with E-state index < -0.39 is 11.7 Å². The summed E-state index contributed by atoms with van der Waals surface area (Å²) in [5.74, 6) is 2.09. The van der Waals surface area contributed by atoms with Crippen molar-refractivity contribution in [3.8, 4) is 45.6 Å². The average molecular weight is 449 g/mol. The topological polar surface area (TPSA) is 95.8 Å². The standard InChI is InChI=1S/C24H32O8/c1-12-9-13-10-15(27-3)19(29-5)21(31-7)17(13)18-14(23(25)24(12,2)26)11-16(28-4)20(30-6)22(18)32-8/h10-12,23,25-26H,9H2,1-8H3/t12-,23+,24-/m0/s1. The van der Waals surface area contributed by atoms with E-state index in [1.165, 1.54) is 28.4 Å². The van der Waals surface area contributed by atoms with Gasteiger partial charge in [-0.05, 0) is 42.5 Å². The highest BCUT2D eigenvalue weighted by Crippen LogP contribution is 2.57. The zero-order valence-corrected chi connectivity index (χ0v) is 19.9. The van der Waals surface area contributed by atoms with Crippen molar-refractivity contribution >= 4 is 0 Å². The van der Waals surface area contributed by atoms with Crippen LogP contribution < -0.4 is 28.4 Å². The van der Waals surface area contributed by atoms with Crippen molar-refractivity contribution in [2.45, 2.75) is 32.0 Å². The Morgan fingerprint density at radius 3 is 1.69 bits per heavy atom. The quantitative estimate of drug-likeness (QED) is 0.694. The predicted molar refractivity (Wildman–Crippen MR) is 120 cm³/mol. The van der Waals surface area contributed by atoms with Gasteiger partial charge in [0.25, 0.3) is 0 Å². The Labute approximate surface area is 188 Å². The molecule has 2 N–H and O–H groups in total. The highest BCUT2D eigenvalue weighted by molar-refractivity contribution is 5.88. The van der Waals surface area contributed by atoms with E-state index in [4.69, 9.17) is 28.4 Å². The monoisotopic (exact) mass is 448 g/mol. The van der Waals surface area contributed by atoms with Crippen LogP contribution in [0.25, 0.3) is 11.1 Å². The minimum atomic E-state index is -1.45. The lowest BCUT2D eigenvalue weighted by molar-refractivity contribution is -0.0989. The molecule has 0 radical (unpaired) electrons. The first-order valence-corrected chi connectivity index (χ1v) is 10.3. The molecule has 3 atom stereocenters. The Balaban J connectivity index is 2.60. The second-order valence-corrected chi connectivity index (χ2v) is 8.02. The second-order valence-electron chi connectivity index (χ2n) is 8.02. The Hall–Kier alpha value is -2.84. The van der Waals surface area contributed by atoms with Crippen LogP contribution in [-0.4, -0.2) is 58.5 Å². The summed E-state index contributed by atoms with van der Waals surface area (Å²) in [6.45, 7) is 3.51. The normalized spacial score (nSPS) is 22.1. The maximum Gasteiger partial charge on any atom is 0.203 e. The van der Waals surface area contributed by atoms with Gasteiger partial charge in [-0.2, -0.15) is 0 Å². The number of ether oxygens (including phenoxy) is 6. The lowest BCUT2D eigenvalue weighted by atomic mass is 9.73. The summed E-state index contributed by atoms with van der Waals surface area (Å²) in [7, 11) is 9.15. The fourth-order valence-corrected chi connectivity index (χ4v) is 4.41. The van der Waals surface area contributed by atoms with Crippen molar-refractivity contribution in [3.63, 3.8) is 0 Å². The Kier molecular flexibility index (Phi) is 6.67. The molecule has 1 aliphatic rings. The van der Waals surface area contributed by atoms with Crippen molar-refractivity contribution in [1.82, 2.24) is 0 Å². The minimum Gasteiger partial charge on any atom is -0.493 e. The summed E-state index contributed by atoms with van der Waals surface area (Å²) in [6, 6.07) is 3.52. The van der Waals surface area contributed by atoms with Crippen LogP contribution in [0.15, 0.2) is 12.1 Å². The highest BCUT2D eigenvalue weighted by atomic mass is 16.5. The highest BCUT2D eigenvalue weighted by Gasteiger charge is 2.43. The third-order valence-corrected chi connectivity index (χ3v) is 6.39. The molecule has 0 bridgehead atoms. The summed E-state index contributed by atoms with van der Waals surface area (Å²) in [5.41, 5.74) is 1.00. The molecule has 1 aliphatic carbocycles. The molecule has 3 rings (SSSR count). The van der Waals surface area contributed by atoms with Gasteiger partial charge in [0, 0.05) is 11.1 Å². The minimum absolute atomic E-state index is 0.314. The SMILES string of the molecule is COc1cc2c(c(OC)c1OC)-c1c(cc(OC)c(OC)c1OC)[C@@H](O)[C@@](C)(O)[C@@H](C)C2. The Morgan fingerprint density at radius 1 is 0.750 bits per heavy atom. The second kappa shape index (κ2) is 8.96. The molecule has 2 aromatic rings. The van der Waals surface area contributed by atoms with E-state index >= 15 is 0 Å². The molecule has 8 heteroatoms. The molecule has 0 unspecified atom stereocenters. The van der Waals surface area contributed by atoms with Crippen LogP contribution in [0, 0.1) is 5.92 Å². The Bertz CT molecular complexity index is 998. The van der Waals surface area contributed by atoms with Crippen LogP contribution in [0.2, 0.25) is 0 Å². The number of hydrogen-bond donors (Lipinski definition) is 2. The first-order chi connectivity index (χ1) is 15.2. The molecule has 0 aliphatic heterocycles. The van der Waals surface area contributed by atoms with Crippen molar-refractivity contribution in [2.75, 3.05) is 42.7 Å². The Morgan fingerprint density at radius 2 is 1.22 bits per heavy atom. The molecule has 0 saturated heterocycles. The summed E-state index contributed by atoms with van der Waals surface area (Å²) in [4.78, 5) is 0.